The second-order valence-electron chi connectivity index (χ2n) is 17.4. The first-order valence-corrected chi connectivity index (χ1v) is 25.1. The van der Waals surface area contributed by atoms with Crippen LogP contribution in [0.2, 0.25) is 0 Å². The molecule has 0 bridgehead atoms. The number of rotatable bonds is 47. The quantitative estimate of drug-likeness (QED) is 0.0618. The van der Waals surface area contributed by atoms with E-state index in [1.165, 1.54) is 296 Å². The van der Waals surface area contributed by atoms with E-state index in [1.807, 2.05) is 0 Å². The van der Waals surface area contributed by atoms with Crippen LogP contribution in [0.25, 0.3) is 0 Å². The van der Waals surface area contributed by atoms with Crippen molar-refractivity contribution in [1.29, 1.82) is 0 Å². The standard InChI is InChI=1S/C50H103N/c1-4-7-9-11-13-15-17-19-21-23-25-27-29-31-33-35-37-39-41-43-45-47-50(49-51-48-6-3)46-44-42-40-38-36-34-32-30-28-26-24-22-20-18-16-14-12-10-8-5-2/h50-51H,4-49H2,1-3H3. The van der Waals surface area contributed by atoms with Crippen molar-refractivity contribution in [2.45, 2.75) is 303 Å². The zero-order chi connectivity index (χ0) is 36.8. The summed E-state index contributed by atoms with van der Waals surface area (Å²) in [5.41, 5.74) is 0. The molecule has 0 saturated heterocycles. The number of hydrogen-bond donors (Lipinski definition) is 1. The molecule has 308 valence electrons. The van der Waals surface area contributed by atoms with Crippen molar-refractivity contribution in [3.05, 3.63) is 0 Å². The van der Waals surface area contributed by atoms with Gasteiger partial charge in [-0.1, -0.05) is 284 Å². The van der Waals surface area contributed by atoms with Gasteiger partial charge >= 0.3 is 0 Å². The van der Waals surface area contributed by atoms with Crippen LogP contribution in [0, 0.1) is 5.92 Å². The lowest BCUT2D eigenvalue weighted by Gasteiger charge is -2.17. The minimum absolute atomic E-state index is 0.924. The summed E-state index contributed by atoms with van der Waals surface area (Å²) in [5.74, 6) is 0.924. The van der Waals surface area contributed by atoms with Crippen molar-refractivity contribution in [1.82, 2.24) is 5.32 Å². The average Bonchev–Trinajstić information content (AvgIpc) is 3.14. The van der Waals surface area contributed by atoms with Crippen LogP contribution in [0.5, 0.6) is 0 Å². The highest BCUT2D eigenvalue weighted by Gasteiger charge is 2.08. The third-order valence-electron chi connectivity index (χ3n) is 12.0. The van der Waals surface area contributed by atoms with Crippen LogP contribution in [-0.4, -0.2) is 13.1 Å². The summed E-state index contributed by atoms with van der Waals surface area (Å²) < 4.78 is 0. The van der Waals surface area contributed by atoms with Crippen molar-refractivity contribution in [3.63, 3.8) is 0 Å². The second kappa shape index (κ2) is 48.0. The van der Waals surface area contributed by atoms with E-state index in [1.54, 1.807) is 0 Å². The van der Waals surface area contributed by atoms with Gasteiger partial charge in [-0.05, 0) is 38.3 Å². The van der Waals surface area contributed by atoms with Gasteiger partial charge in [-0.2, -0.15) is 0 Å². The predicted octanol–water partition coefficient (Wildman–Crippen LogP) is 18.4. The van der Waals surface area contributed by atoms with Gasteiger partial charge in [0.25, 0.3) is 0 Å². The Morgan fingerprint density at radius 1 is 0.235 bits per heavy atom. The Morgan fingerprint density at radius 2 is 0.431 bits per heavy atom. The van der Waals surface area contributed by atoms with Crippen molar-refractivity contribution in [2.24, 2.45) is 5.92 Å². The topological polar surface area (TPSA) is 12.0 Å². The predicted molar refractivity (Wildman–Crippen MR) is 237 cm³/mol. The zero-order valence-electron chi connectivity index (χ0n) is 36.6. The molecule has 0 aromatic heterocycles. The van der Waals surface area contributed by atoms with Crippen LogP contribution in [0.15, 0.2) is 0 Å². The van der Waals surface area contributed by atoms with Gasteiger partial charge in [0.15, 0.2) is 0 Å². The monoisotopic (exact) mass is 718 g/mol. The van der Waals surface area contributed by atoms with E-state index in [-0.39, 0.29) is 0 Å². The van der Waals surface area contributed by atoms with E-state index < -0.39 is 0 Å². The molecular weight excluding hydrogens is 615 g/mol. The van der Waals surface area contributed by atoms with Crippen molar-refractivity contribution in [2.75, 3.05) is 13.1 Å². The summed E-state index contributed by atoms with van der Waals surface area (Å²) >= 11 is 0. The minimum atomic E-state index is 0.924. The Bertz CT molecular complexity index is 571. The first-order chi connectivity index (χ1) is 25.3. The Hall–Kier alpha value is -0.0400. The van der Waals surface area contributed by atoms with E-state index in [4.69, 9.17) is 0 Å². The summed E-state index contributed by atoms with van der Waals surface area (Å²) in [6.07, 6.45) is 64.7. The Balaban J connectivity index is 3.47. The lowest BCUT2D eigenvalue weighted by Crippen LogP contribution is -2.23. The summed E-state index contributed by atoms with van der Waals surface area (Å²) in [6, 6.07) is 0. The molecule has 1 atom stereocenters. The maximum absolute atomic E-state index is 3.76. The lowest BCUT2D eigenvalue weighted by atomic mass is 9.93. The highest BCUT2D eigenvalue weighted by Crippen LogP contribution is 2.21. The summed E-state index contributed by atoms with van der Waals surface area (Å²) in [6.45, 7) is 9.41. The first kappa shape index (κ1) is 51.0. The molecule has 0 spiro atoms. The van der Waals surface area contributed by atoms with Gasteiger partial charge in [0.1, 0.15) is 0 Å². The van der Waals surface area contributed by atoms with Crippen LogP contribution in [-0.2, 0) is 0 Å². The number of unbranched alkanes of at least 4 members (excludes halogenated alkanes) is 39. The summed E-state index contributed by atoms with van der Waals surface area (Å²) in [5, 5.41) is 3.76. The molecule has 51 heavy (non-hydrogen) atoms. The molecule has 0 amide bonds. The van der Waals surface area contributed by atoms with Gasteiger partial charge in [0.2, 0.25) is 0 Å². The molecule has 0 aromatic carbocycles. The van der Waals surface area contributed by atoms with Crippen molar-refractivity contribution < 1.29 is 0 Å². The Morgan fingerprint density at radius 3 is 0.627 bits per heavy atom. The van der Waals surface area contributed by atoms with E-state index in [9.17, 15) is 0 Å². The number of nitrogens with one attached hydrogen (secondary N) is 1. The maximum Gasteiger partial charge on any atom is -0.00205 e. The molecule has 0 rings (SSSR count). The number of hydrogen-bond acceptors (Lipinski definition) is 1. The van der Waals surface area contributed by atoms with Gasteiger partial charge in [0, 0.05) is 0 Å². The highest BCUT2D eigenvalue weighted by atomic mass is 14.8. The van der Waals surface area contributed by atoms with Gasteiger partial charge < -0.3 is 5.32 Å². The molecule has 0 aliphatic carbocycles. The Kier molecular flexibility index (Phi) is 47.9. The van der Waals surface area contributed by atoms with Crippen LogP contribution in [0.4, 0.5) is 0 Å². The van der Waals surface area contributed by atoms with Gasteiger partial charge in [0.05, 0.1) is 0 Å². The smallest absolute Gasteiger partial charge is 0.00205 e. The van der Waals surface area contributed by atoms with E-state index in [0.29, 0.717) is 0 Å². The van der Waals surface area contributed by atoms with Crippen LogP contribution in [0.1, 0.15) is 303 Å². The fraction of sp³-hybridized carbons (Fsp3) is 1.00. The minimum Gasteiger partial charge on any atom is -0.316 e. The van der Waals surface area contributed by atoms with Crippen LogP contribution >= 0.6 is 0 Å². The van der Waals surface area contributed by atoms with Crippen molar-refractivity contribution in [3.8, 4) is 0 Å². The third-order valence-corrected chi connectivity index (χ3v) is 12.0. The molecule has 0 aliphatic heterocycles. The van der Waals surface area contributed by atoms with Gasteiger partial charge in [-0.25, -0.2) is 0 Å². The molecule has 1 unspecified atom stereocenters. The molecule has 1 heteroatoms. The summed E-state index contributed by atoms with van der Waals surface area (Å²) in [7, 11) is 0. The fourth-order valence-electron chi connectivity index (χ4n) is 8.38. The van der Waals surface area contributed by atoms with Gasteiger partial charge in [-0.15, -0.1) is 0 Å². The lowest BCUT2D eigenvalue weighted by molar-refractivity contribution is 0.381. The maximum atomic E-state index is 3.76. The molecule has 0 fully saturated rings. The molecule has 0 aliphatic rings. The normalized spacial score (nSPS) is 12.3. The van der Waals surface area contributed by atoms with Crippen molar-refractivity contribution >= 4 is 0 Å². The fourth-order valence-corrected chi connectivity index (χ4v) is 8.38. The third kappa shape index (κ3) is 46.0. The molecule has 1 N–H and O–H groups in total. The van der Waals surface area contributed by atoms with E-state index in [2.05, 4.69) is 26.1 Å². The van der Waals surface area contributed by atoms with Crippen LogP contribution in [0.3, 0.4) is 0 Å². The second-order valence-corrected chi connectivity index (χ2v) is 17.4. The zero-order valence-corrected chi connectivity index (χ0v) is 36.6. The molecule has 0 saturated carbocycles. The Labute approximate surface area is 326 Å². The SMILES string of the molecule is CCCCCCCCCCCCCCCCCCCCCCCC(CCCCCCCCCCCCCCCCCCCCCC)CNCCC. The molecular formula is C50H103N. The molecule has 1 nitrogen and oxygen atoms in total. The molecule has 0 heterocycles. The van der Waals surface area contributed by atoms with E-state index in [0.717, 1.165) is 5.92 Å². The average molecular weight is 718 g/mol. The highest BCUT2D eigenvalue weighted by molar-refractivity contribution is 4.64. The van der Waals surface area contributed by atoms with Gasteiger partial charge in [-0.3, -0.25) is 0 Å². The first-order valence-electron chi connectivity index (χ1n) is 25.1. The molecule has 0 radical (unpaired) electrons. The summed E-state index contributed by atoms with van der Waals surface area (Å²) in [4.78, 5) is 0. The molecule has 0 aromatic rings. The van der Waals surface area contributed by atoms with E-state index >= 15 is 0 Å². The van der Waals surface area contributed by atoms with Crippen LogP contribution < -0.4 is 5.32 Å². The largest absolute Gasteiger partial charge is 0.316 e.